The number of benzene rings is 2. The molecule has 0 spiro atoms. The van der Waals surface area contributed by atoms with E-state index in [0.29, 0.717) is 18.0 Å². The van der Waals surface area contributed by atoms with Gasteiger partial charge < -0.3 is 20.5 Å². The molecule has 0 fully saturated rings. The number of carbonyl (C=O) groups excluding carboxylic acids is 1. The lowest BCUT2D eigenvalue weighted by Gasteiger charge is -2.31. The van der Waals surface area contributed by atoms with Crippen molar-refractivity contribution in [3.05, 3.63) is 60.2 Å². The van der Waals surface area contributed by atoms with Crippen LogP contribution in [0.15, 0.2) is 54.6 Å². The number of amides is 2. The van der Waals surface area contributed by atoms with Crippen LogP contribution < -0.4 is 15.4 Å². The van der Waals surface area contributed by atoms with E-state index in [1.54, 1.807) is 24.3 Å². The first-order chi connectivity index (χ1) is 12.3. The Morgan fingerprint density at radius 2 is 1.69 bits per heavy atom. The normalized spacial score (nSPS) is 13.6. The van der Waals surface area contributed by atoms with Crippen molar-refractivity contribution < 1.29 is 27.8 Å². The van der Waals surface area contributed by atoms with E-state index in [0.717, 1.165) is 12.1 Å². The van der Waals surface area contributed by atoms with Crippen LogP contribution in [0.25, 0.3) is 0 Å². The molecule has 5 nitrogen and oxygen atoms in total. The molecule has 0 saturated carbocycles. The van der Waals surface area contributed by atoms with Gasteiger partial charge in [-0.3, -0.25) is 0 Å². The summed E-state index contributed by atoms with van der Waals surface area (Å²) in [5.74, 6) is 0.606. The van der Waals surface area contributed by atoms with E-state index in [4.69, 9.17) is 4.74 Å². The highest BCUT2D eigenvalue weighted by molar-refractivity contribution is 5.89. The fraction of sp³-hybridized carbons (Fsp3) is 0.278. The van der Waals surface area contributed by atoms with E-state index in [9.17, 15) is 23.1 Å². The number of rotatable bonds is 6. The summed E-state index contributed by atoms with van der Waals surface area (Å²) in [5.41, 5.74) is -3.17. The summed E-state index contributed by atoms with van der Waals surface area (Å²) in [6.07, 6.45) is -4.96. The largest absolute Gasteiger partial charge is 0.494 e. The third-order valence-electron chi connectivity index (χ3n) is 3.65. The Balaban J connectivity index is 2.03. The zero-order valence-electron chi connectivity index (χ0n) is 14.0. The molecule has 0 heterocycles. The molecule has 3 N–H and O–H groups in total. The van der Waals surface area contributed by atoms with Crippen LogP contribution in [0, 0.1) is 0 Å². The predicted octanol–water partition coefficient (Wildman–Crippen LogP) is 3.66. The number of halogens is 3. The standard InChI is InChI=1S/C18H19F3N2O3/c1-2-26-15-10-8-14(9-11-15)23-16(24)22-12-17(25,18(19,20)21)13-6-4-3-5-7-13/h3-11,25H,2,12H2,1H3,(H2,22,23,24). The number of hydrogen-bond acceptors (Lipinski definition) is 3. The summed E-state index contributed by atoms with van der Waals surface area (Å²) in [4.78, 5) is 11.9. The van der Waals surface area contributed by atoms with Crippen molar-refractivity contribution in [2.24, 2.45) is 0 Å². The molecule has 0 saturated heterocycles. The average molecular weight is 368 g/mol. The molecule has 0 aliphatic carbocycles. The third kappa shape index (κ3) is 4.66. The Morgan fingerprint density at radius 3 is 2.23 bits per heavy atom. The summed E-state index contributed by atoms with van der Waals surface area (Å²) >= 11 is 0. The van der Waals surface area contributed by atoms with Gasteiger partial charge in [-0.05, 0) is 36.8 Å². The van der Waals surface area contributed by atoms with Gasteiger partial charge in [-0.15, -0.1) is 0 Å². The van der Waals surface area contributed by atoms with Gasteiger partial charge in [0.1, 0.15) is 5.75 Å². The number of urea groups is 1. The van der Waals surface area contributed by atoms with E-state index in [1.165, 1.54) is 18.2 Å². The second-order valence-electron chi connectivity index (χ2n) is 5.49. The van der Waals surface area contributed by atoms with Crippen LogP contribution in [-0.2, 0) is 5.60 Å². The Morgan fingerprint density at radius 1 is 1.08 bits per heavy atom. The zero-order valence-corrected chi connectivity index (χ0v) is 14.0. The highest BCUT2D eigenvalue weighted by Crippen LogP contribution is 2.38. The second-order valence-corrected chi connectivity index (χ2v) is 5.49. The molecule has 0 radical (unpaired) electrons. The molecule has 8 heteroatoms. The maximum atomic E-state index is 13.3. The van der Waals surface area contributed by atoms with Gasteiger partial charge in [0.15, 0.2) is 0 Å². The molecule has 1 atom stereocenters. The number of nitrogens with one attached hydrogen (secondary N) is 2. The lowest BCUT2D eigenvalue weighted by molar-refractivity contribution is -0.263. The van der Waals surface area contributed by atoms with Gasteiger partial charge in [-0.2, -0.15) is 13.2 Å². The van der Waals surface area contributed by atoms with Gasteiger partial charge in [-0.25, -0.2) is 4.79 Å². The lowest BCUT2D eigenvalue weighted by atomic mass is 9.93. The minimum Gasteiger partial charge on any atom is -0.494 e. The van der Waals surface area contributed by atoms with Crippen LogP contribution in [0.4, 0.5) is 23.7 Å². The highest BCUT2D eigenvalue weighted by atomic mass is 19.4. The highest BCUT2D eigenvalue weighted by Gasteiger charge is 2.55. The molecule has 0 aromatic heterocycles. The fourth-order valence-corrected chi connectivity index (χ4v) is 2.26. The number of aliphatic hydroxyl groups is 1. The van der Waals surface area contributed by atoms with E-state index < -0.39 is 24.4 Å². The van der Waals surface area contributed by atoms with E-state index in [1.807, 2.05) is 6.92 Å². The molecule has 0 aliphatic rings. The molecule has 140 valence electrons. The van der Waals surface area contributed by atoms with Gasteiger partial charge in [0.2, 0.25) is 5.60 Å². The average Bonchev–Trinajstić information content (AvgIpc) is 2.61. The van der Waals surface area contributed by atoms with Crippen molar-refractivity contribution in [2.75, 3.05) is 18.5 Å². The Labute approximate surface area is 148 Å². The molecule has 0 bridgehead atoms. The van der Waals surface area contributed by atoms with Gasteiger partial charge >= 0.3 is 12.2 Å². The number of alkyl halides is 3. The Bertz CT molecular complexity index is 721. The molecule has 2 aromatic carbocycles. The van der Waals surface area contributed by atoms with Gasteiger partial charge in [0.25, 0.3) is 0 Å². The summed E-state index contributed by atoms with van der Waals surface area (Å²) in [5, 5.41) is 14.6. The molecule has 26 heavy (non-hydrogen) atoms. The molecule has 0 aliphatic heterocycles. The summed E-state index contributed by atoms with van der Waals surface area (Å²) in [7, 11) is 0. The van der Waals surface area contributed by atoms with Gasteiger partial charge in [-0.1, -0.05) is 30.3 Å². The summed E-state index contributed by atoms with van der Waals surface area (Å²) < 4.78 is 45.3. The van der Waals surface area contributed by atoms with Crippen LogP contribution in [0.2, 0.25) is 0 Å². The SMILES string of the molecule is CCOc1ccc(NC(=O)NCC(O)(c2ccccc2)C(F)(F)F)cc1. The molecular weight excluding hydrogens is 349 g/mol. The van der Waals surface area contributed by atoms with Crippen LogP contribution in [0.3, 0.4) is 0 Å². The van der Waals surface area contributed by atoms with Crippen molar-refractivity contribution in [1.82, 2.24) is 5.32 Å². The van der Waals surface area contributed by atoms with E-state index in [-0.39, 0.29) is 5.56 Å². The van der Waals surface area contributed by atoms with Crippen molar-refractivity contribution in [2.45, 2.75) is 18.7 Å². The Kier molecular flexibility index (Phi) is 6.10. The topological polar surface area (TPSA) is 70.6 Å². The van der Waals surface area contributed by atoms with Crippen molar-refractivity contribution >= 4 is 11.7 Å². The molecule has 2 aromatic rings. The first-order valence-corrected chi connectivity index (χ1v) is 7.88. The van der Waals surface area contributed by atoms with Crippen molar-refractivity contribution in [1.29, 1.82) is 0 Å². The summed E-state index contributed by atoms with van der Waals surface area (Å²) in [6.45, 7) is 1.29. The van der Waals surface area contributed by atoms with Crippen LogP contribution in [0.5, 0.6) is 5.75 Å². The molecular formula is C18H19F3N2O3. The van der Waals surface area contributed by atoms with Crippen molar-refractivity contribution in [3.8, 4) is 5.75 Å². The van der Waals surface area contributed by atoms with Crippen LogP contribution in [0.1, 0.15) is 12.5 Å². The van der Waals surface area contributed by atoms with Gasteiger partial charge in [0, 0.05) is 5.69 Å². The zero-order chi connectivity index (χ0) is 19.2. The number of anilines is 1. The lowest BCUT2D eigenvalue weighted by Crippen LogP contribution is -2.51. The molecule has 1 unspecified atom stereocenters. The maximum absolute atomic E-state index is 13.3. The van der Waals surface area contributed by atoms with Crippen LogP contribution >= 0.6 is 0 Å². The fourth-order valence-electron chi connectivity index (χ4n) is 2.26. The van der Waals surface area contributed by atoms with E-state index in [2.05, 4.69) is 10.6 Å². The maximum Gasteiger partial charge on any atom is 0.423 e. The molecule has 2 rings (SSSR count). The van der Waals surface area contributed by atoms with E-state index >= 15 is 0 Å². The summed E-state index contributed by atoms with van der Waals surface area (Å²) in [6, 6.07) is 12.1. The monoisotopic (exact) mass is 368 g/mol. The predicted molar refractivity (Wildman–Crippen MR) is 91.0 cm³/mol. The van der Waals surface area contributed by atoms with Crippen molar-refractivity contribution in [3.63, 3.8) is 0 Å². The third-order valence-corrected chi connectivity index (χ3v) is 3.65. The number of hydrogen-bond donors (Lipinski definition) is 3. The minimum atomic E-state index is -4.96. The quantitative estimate of drug-likeness (QED) is 0.729. The smallest absolute Gasteiger partial charge is 0.423 e. The first-order valence-electron chi connectivity index (χ1n) is 7.88. The minimum absolute atomic E-state index is 0.353. The van der Waals surface area contributed by atoms with Gasteiger partial charge in [0.05, 0.1) is 13.2 Å². The Hall–Kier alpha value is -2.74. The number of carbonyl (C=O) groups is 1. The molecule has 2 amide bonds. The second kappa shape index (κ2) is 8.09. The number of ether oxygens (including phenoxy) is 1. The first kappa shape index (κ1) is 19.6. The van der Waals surface area contributed by atoms with Crippen LogP contribution in [-0.4, -0.2) is 30.5 Å².